The Morgan fingerprint density at radius 1 is 1.00 bits per heavy atom. The van der Waals surface area contributed by atoms with Crippen LogP contribution in [0.2, 0.25) is 5.02 Å². The highest BCUT2D eigenvalue weighted by molar-refractivity contribution is 6.32. The van der Waals surface area contributed by atoms with Crippen LogP contribution in [0.1, 0.15) is 25.8 Å². The van der Waals surface area contributed by atoms with E-state index in [9.17, 15) is 0 Å². The molecule has 3 aromatic rings. The van der Waals surface area contributed by atoms with Gasteiger partial charge in [0.05, 0.1) is 16.8 Å². The molecule has 0 saturated carbocycles. The maximum Gasteiger partial charge on any atom is 0.138 e. The van der Waals surface area contributed by atoms with E-state index in [-0.39, 0.29) is 6.10 Å². The molecule has 0 amide bonds. The van der Waals surface area contributed by atoms with E-state index < -0.39 is 0 Å². The van der Waals surface area contributed by atoms with E-state index in [2.05, 4.69) is 17.2 Å². The summed E-state index contributed by atoms with van der Waals surface area (Å²) in [5, 5.41) is 3.95. The fourth-order valence-corrected chi connectivity index (χ4v) is 2.69. The Hall–Kier alpha value is -2.78. The monoisotopic (exact) mass is 378 g/mol. The Bertz CT molecular complexity index is 892. The van der Waals surface area contributed by atoms with Gasteiger partial charge in [-0.05, 0) is 73.5 Å². The van der Waals surface area contributed by atoms with Crippen molar-refractivity contribution in [3.05, 3.63) is 83.4 Å². The maximum absolute atomic E-state index is 6.32. The number of benzene rings is 3. The van der Waals surface area contributed by atoms with Gasteiger partial charge in [0.15, 0.2) is 0 Å². The fraction of sp³-hybridized carbons (Fsp3) is 0.174. The molecule has 0 heterocycles. The standard InChI is InChI=1S/C23H23ClN2O/c1-3-17(2)27-23-14-9-18(15-22(23)24)16-25-19-10-12-21(13-11-19)26-20-7-5-4-6-8-20/h4-17,26H,3H2,1-2H3/t17-/m1/s1. The van der Waals surface area contributed by atoms with E-state index in [1.807, 2.05) is 79.7 Å². The van der Waals surface area contributed by atoms with Gasteiger partial charge in [-0.2, -0.15) is 0 Å². The summed E-state index contributed by atoms with van der Waals surface area (Å²) in [6.07, 6.45) is 2.89. The van der Waals surface area contributed by atoms with Crippen molar-refractivity contribution < 1.29 is 4.74 Å². The Labute approximate surface area is 165 Å². The Balaban J connectivity index is 1.64. The number of para-hydroxylation sites is 1. The Kier molecular flexibility index (Phi) is 6.50. The third-order valence-electron chi connectivity index (χ3n) is 4.15. The molecule has 0 fully saturated rings. The average Bonchev–Trinajstić information content (AvgIpc) is 2.70. The molecule has 3 rings (SSSR count). The molecule has 0 radical (unpaired) electrons. The van der Waals surface area contributed by atoms with Gasteiger partial charge in [-0.3, -0.25) is 4.99 Å². The van der Waals surface area contributed by atoms with Crippen LogP contribution in [0.5, 0.6) is 5.75 Å². The lowest BCUT2D eigenvalue weighted by atomic mass is 10.2. The lowest BCUT2D eigenvalue weighted by Crippen LogP contribution is -2.09. The van der Waals surface area contributed by atoms with Crippen LogP contribution < -0.4 is 10.1 Å². The fourth-order valence-electron chi connectivity index (χ4n) is 2.46. The van der Waals surface area contributed by atoms with Crippen molar-refractivity contribution in [2.75, 3.05) is 5.32 Å². The van der Waals surface area contributed by atoms with Crippen molar-refractivity contribution in [1.82, 2.24) is 0 Å². The van der Waals surface area contributed by atoms with E-state index >= 15 is 0 Å². The summed E-state index contributed by atoms with van der Waals surface area (Å²) in [6.45, 7) is 4.11. The summed E-state index contributed by atoms with van der Waals surface area (Å²) in [7, 11) is 0. The maximum atomic E-state index is 6.32. The number of nitrogens with zero attached hydrogens (tertiary/aromatic N) is 1. The largest absolute Gasteiger partial charge is 0.489 e. The smallest absolute Gasteiger partial charge is 0.138 e. The Morgan fingerprint density at radius 2 is 1.70 bits per heavy atom. The number of ether oxygens (including phenoxy) is 1. The zero-order chi connectivity index (χ0) is 19.1. The van der Waals surface area contributed by atoms with Gasteiger partial charge in [0.1, 0.15) is 5.75 Å². The molecular weight excluding hydrogens is 356 g/mol. The van der Waals surface area contributed by atoms with E-state index in [0.717, 1.165) is 29.0 Å². The average molecular weight is 379 g/mol. The molecule has 0 aliphatic rings. The summed E-state index contributed by atoms with van der Waals surface area (Å²) in [5.74, 6) is 0.708. The second-order valence-corrected chi connectivity index (χ2v) is 6.73. The summed E-state index contributed by atoms with van der Waals surface area (Å²) in [5.41, 5.74) is 3.89. The molecule has 3 nitrogen and oxygen atoms in total. The lowest BCUT2D eigenvalue weighted by Gasteiger charge is -2.13. The first kappa shape index (κ1) is 19.0. The molecule has 0 unspecified atom stereocenters. The number of aliphatic imine (C=N–C) groups is 1. The number of halogens is 1. The zero-order valence-corrected chi connectivity index (χ0v) is 16.3. The molecule has 0 aliphatic heterocycles. The van der Waals surface area contributed by atoms with E-state index in [4.69, 9.17) is 16.3 Å². The van der Waals surface area contributed by atoms with Crippen molar-refractivity contribution in [1.29, 1.82) is 0 Å². The van der Waals surface area contributed by atoms with Crippen LogP contribution in [-0.2, 0) is 0 Å². The molecule has 0 spiro atoms. The van der Waals surface area contributed by atoms with Gasteiger partial charge >= 0.3 is 0 Å². The SMILES string of the molecule is CC[C@@H](C)Oc1ccc(C=Nc2ccc(Nc3ccccc3)cc2)cc1Cl. The number of hydrogen-bond donors (Lipinski definition) is 1. The third-order valence-corrected chi connectivity index (χ3v) is 4.45. The minimum atomic E-state index is 0.144. The molecule has 138 valence electrons. The quantitative estimate of drug-likeness (QED) is 0.448. The van der Waals surface area contributed by atoms with Crippen molar-refractivity contribution >= 4 is 34.9 Å². The summed E-state index contributed by atoms with van der Waals surface area (Å²) >= 11 is 6.32. The van der Waals surface area contributed by atoms with Crippen molar-refractivity contribution in [3.8, 4) is 5.75 Å². The van der Waals surface area contributed by atoms with E-state index in [1.54, 1.807) is 6.21 Å². The molecule has 1 atom stereocenters. The van der Waals surface area contributed by atoms with Crippen LogP contribution in [0.25, 0.3) is 0 Å². The van der Waals surface area contributed by atoms with Crippen molar-refractivity contribution in [3.63, 3.8) is 0 Å². The highest BCUT2D eigenvalue weighted by Crippen LogP contribution is 2.27. The van der Waals surface area contributed by atoms with Crippen LogP contribution in [0.3, 0.4) is 0 Å². The van der Waals surface area contributed by atoms with Gasteiger partial charge < -0.3 is 10.1 Å². The molecule has 0 aromatic heterocycles. The van der Waals surface area contributed by atoms with E-state index in [0.29, 0.717) is 10.8 Å². The van der Waals surface area contributed by atoms with Crippen LogP contribution in [0.4, 0.5) is 17.1 Å². The summed E-state index contributed by atoms with van der Waals surface area (Å²) in [6, 6.07) is 23.8. The first-order valence-electron chi connectivity index (χ1n) is 9.06. The number of anilines is 2. The van der Waals surface area contributed by atoms with E-state index in [1.165, 1.54) is 0 Å². The minimum Gasteiger partial charge on any atom is -0.489 e. The van der Waals surface area contributed by atoms with Gasteiger partial charge in [-0.15, -0.1) is 0 Å². The second kappa shape index (κ2) is 9.24. The van der Waals surface area contributed by atoms with Gasteiger partial charge in [0.25, 0.3) is 0 Å². The lowest BCUT2D eigenvalue weighted by molar-refractivity contribution is 0.217. The number of hydrogen-bond acceptors (Lipinski definition) is 3. The third kappa shape index (κ3) is 5.60. The highest BCUT2D eigenvalue weighted by atomic mass is 35.5. The normalized spacial score (nSPS) is 12.1. The summed E-state index contributed by atoms with van der Waals surface area (Å²) in [4.78, 5) is 4.52. The summed E-state index contributed by atoms with van der Waals surface area (Å²) < 4.78 is 5.79. The van der Waals surface area contributed by atoms with Gasteiger partial charge in [-0.1, -0.05) is 36.7 Å². The van der Waals surface area contributed by atoms with Crippen molar-refractivity contribution in [2.45, 2.75) is 26.4 Å². The number of rotatable bonds is 7. The molecule has 4 heteroatoms. The first-order chi connectivity index (χ1) is 13.1. The zero-order valence-electron chi connectivity index (χ0n) is 15.5. The van der Waals surface area contributed by atoms with Gasteiger partial charge in [0, 0.05) is 17.6 Å². The molecule has 27 heavy (non-hydrogen) atoms. The topological polar surface area (TPSA) is 33.6 Å². The van der Waals surface area contributed by atoms with Crippen LogP contribution >= 0.6 is 11.6 Å². The molecule has 0 bridgehead atoms. The first-order valence-corrected chi connectivity index (χ1v) is 9.44. The van der Waals surface area contributed by atoms with Crippen LogP contribution in [0.15, 0.2) is 77.8 Å². The highest BCUT2D eigenvalue weighted by Gasteiger charge is 2.06. The van der Waals surface area contributed by atoms with Crippen molar-refractivity contribution in [2.24, 2.45) is 4.99 Å². The molecular formula is C23H23ClN2O. The predicted octanol–water partition coefficient (Wildman–Crippen LogP) is 7.01. The predicted molar refractivity (Wildman–Crippen MR) is 115 cm³/mol. The van der Waals surface area contributed by atoms with Crippen LogP contribution in [-0.4, -0.2) is 12.3 Å². The number of nitrogens with one attached hydrogen (secondary N) is 1. The van der Waals surface area contributed by atoms with Gasteiger partial charge in [0.2, 0.25) is 0 Å². The molecule has 0 saturated heterocycles. The molecule has 0 aliphatic carbocycles. The van der Waals surface area contributed by atoms with Gasteiger partial charge in [-0.25, -0.2) is 0 Å². The molecule has 3 aromatic carbocycles. The Morgan fingerprint density at radius 3 is 2.37 bits per heavy atom. The second-order valence-electron chi connectivity index (χ2n) is 6.32. The van der Waals surface area contributed by atoms with Crippen LogP contribution in [0, 0.1) is 0 Å². The minimum absolute atomic E-state index is 0.144. The molecule has 1 N–H and O–H groups in total.